The first kappa shape index (κ1) is 85.5. The van der Waals surface area contributed by atoms with E-state index in [0.29, 0.717) is 95.6 Å². The van der Waals surface area contributed by atoms with Gasteiger partial charge < -0.3 is 36.1 Å². The van der Waals surface area contributed by atoms with Crippen LogP contribution in [0.4, 0.5) is 5.13 Å². The maximum atomic E-state index is 11.3. The van der Waals surface area contributed by atoms with Crippen LogP contribution in [0.2, 0.25) is 31.3 Å². The monoisotopic (exact) mass is 1630 g/mol. The Balaban J connectivity index is 0.000000373. The topological polar surface area (TPSA) is 407 Å². The number of esters is 4. The summed E-state index contributed by atoms with van der Waals surface area (Å²) in [6.07, 6.45) is 12.3. The zero-order valence-electron chi connectivity index (χ0n) is 50.2. The Labute approximate surface area is 624 Å². The van der Waals surface area contributed by atoms with E-state index in [9.17, 15) is 24.0 Å². The molecule has 1 aliphatic heterocycles. The number of nitrogen functional groups attached to an aromatic ring is 1. The van der Waals surface area contributed by atoms with E-state index in [2.05, 4.69) is 81.6 Å². The Morgan fingerprint density at radius 3 is 1.48 bits per heavy atom. The molecule has 9 aromatic rings. The molecule has 10 heterocycles. The van der Waals surface area contributed by atoms with Gasteiger partial charge >= 0.3 is 23.9 Å². The molecule has 0 radical (unpaired) electrons. The van der Waals surface area contributed by atoms with Crippen molar-refractivity contribution in [3.63, 3.8) is 0 Å². The average molecular weight is 1640 g/mol. The predicted octanol–water partition coefficient (Wildman–Crippen LogP) is 14.0. The molecule has 9 aromatic heterocycles. The lowest BCUT2D eigenvalue weighted by molar-refractivity contribution is -0.141. The summed E-state index contributed by atoms with van der Waals surface area (Å²) in [6.45, 7) is 11.9. The molecule has 7 N–H and O–H groups in total. The standard InChI is InChI=1S/C11H11ClN4O2S.C6H4ClN3S.C6H6ClNO2S.C6H8N2O2S.C6H8O2.C5H5ClN2S2.C4H3ClN2OS.C4H3ClN2S2.C4HClN2S/c1-7(2)18-9(17)3-4-16-6-13-10(15-16)8-5-19-11(12)14-8;7-6-10-4(3-11-6)5-8-1-2-9-5;2*1-2-10-5(9)4-3-11-6(7)8-4;1-4-6(7)8-5(2)3;1-9-4(7)3-2-10-5(6)8-3;2*5-4-7-2(1-9-4)3(6)8;5-4-7-3(1-6)2-8-4/h3-7H,1-2H3;1,3H,2H2;3H,2H2,1H3;3H,2H2,1H3,(H2,7,8);1,5H,2-3H3;2,7H,1H3;2*1H,(H2,6,8);2H/b4-3-;;;;;;;;. The smallest absolute Gasteiger partial charge is 0.384 e. The lowest BCUT2D eigenvalue weighted by Gasteiger charge is -2.03. The lowest BCUT2D eigenvalue weighted by atomic mass is 10.5. The molecule has 0 saturated carbocycles. The number of nitrogens with one attached hydrogen (secondary N) is 1. The quantitative estimate of drug-likeness (QED) is 0.0122. The zero-order valence-corrected chi connectivity index (χ0v) is 63.6. The van der Waals surface area contributed by atoms with E-state index in [0.717, 1.165) is 5.69 Å². The van der Waals surface area contributed by atoms with Crippen molar-refractivity contribution in [2.45, 2.75) is 53.8 Å². The summed E-state index contributed by atoms with van der Waals surface area (Å²) >= 11 is 55.0. The molecule has 1 aliphatic rings. The number of thiazole rings is 8. The number of primary amides is 1. The number of amidine groups is 1. The molecule has 0 bridgehead atoms. The molecule has 0 unspecified atom stereocenters. The number of aromatic nitrogens is 11. The number of hydrogen-bond acceptors (Lipinski definition) is 34. The van der Waals surface area contributed by atoms with Crippen molar-refractivity contribution in [3.8, 4) is 29.9 Å². The van der Waals surface area contributed by atoms with Crippen LogP contribution >= 0.6 is 196 Å². The van der Waals surface area contributed by atoms with E-state index in [1.807, 2.05) is 23.6 Å². The van der Waals surface area contributed by atoms with Crippen LogP contribution in [0.5, 0.6) is 0 Å². The number of aliphatic imine (C=N–C) groups is 2. The number of halogens is 7. The number of nitriles is 1. The molecule has 27 nitrogen and oxygen atoms in total. The first-order valence-corrected chi connectivity index (χ1v) is 36.8. The molecule has 0 aliphatic carbocycles. The Bertz CT molecular complexity index is 4020. The Kier molecular flexibility index (Phi) is 42.2. The third kappa shape index (κ3) is 36.1. The molecular formula is C52H49Cl7N18O9S10. The number of thioether (sulfide) groups is 1. The van der Waals surface area contributed by atoms with E-state index in [4.69, 9.17) is 125 Å². The summed E-state index contributed by atoms with van der Waals surface area (Å²) in [5.74, 6) is 0.568. The molecule has 0 aromatic carbocycles. The second-order valence-electron chi connectivity index (χ2n) is 16.2. The van der Waals surface area contributed by atoms with Crippen molar-refractivity contribution in [1.82, 2.24) is 54.6 Å². The number of nitrogens with zero attached hydrogens (tertiary/aromatic N) is 14. The maximum absolute atomic E-state index is 11.3. The van der Waals surface area contributed by atoms with E-state index in [-0.39, 0.29) is 34.3 Å². The third-order valence-corrected chi connectivity index (χ3v) is 16.9. The van der Waals surface area contributed by atoms with E-state index in [1.54, 1.807) is 80.0 Å². The van der Waals surface area contributed by atoms with E-state index in [1.165, 1.54) is 131 Å². The Morgan fingerprint density at radius 1 is 0.677 bits per heavy atom. The fraction of sp³-hybridized carbons (Fsp3) is 0.231. The van der Waals surface area contributed by atoms with Crippen LogP contribution in [0.3, 0.4) is 0 Å². The van der Waals surface area contributed by atoms with Gasteiger partial charge in [-0.25, -0.2) is 73.7 Å². The van der Waals surface area contributed by atoms with Crippen molar-refractivity contribution in [2.24, 2.45) is 21.5 Å². The van der Waals surface area contributed by atoms with Crippen molar-refractivity contribution < 1.29 is 42.9 Å². The zero-order chi connectivity index (χ0) is 71.9. The maximum Gasteiger partial charge on any atom is 0.384 e. The van der Waals surface area contributed by atoms with E-state index < -0.39 is 29.8 Å². The summed E-state index contributed by atoms with van der Waals surface area (Å²) in [7, 11) is 0. The molecule has 0 spiro atoms. The van der Waals surface area contributed by atoms with Crippen LogP contribution in [0.1, 0.15) is 95.8 Å². The molecule has 0 saturated heterocycles. The number of hydrogen-bond donors (Lipinski definition) is 4. The summed E-state index contributed by atoms with van der Waals surface area (Å²) in [5.41, 5.74) is 19.3. The molecule has 1 amide bonds. The number of carbonyl (C=O) groups excluding carboxylic acids is 5. The fourth-order valence-electron chi connectivity index (χ4n) is 4.90. The normalized spacial score (nSPS) is 10.4. The predicted molar refractivity (Wildman–Crippen MR) is 393 cm³/mol. The van der Waals surface area contributed by atoms with Gasteiger partial charge in [-0.05, 0) is 47.8 Å². The first-order chi connectivity index (χ1) is 45.5. The first-order valence-electron chi connectivity index (χ1n) is 25.5. The number of thiocarbonyl (C=S) groups is 1. The number of anilines is 1. The second-order valence-corrected chi connectivity index (χ2v) is 28.4. The van der Waals surface area contributed by atoms with Gasteiger partial charge in [0.1, 0.15) is 50.9 Å². The molecule has 0 fully saturated rings. The third-order valence-electron chi connectivity index (χ3n) is 8.56. The van der Waals surface area contributed by atoms with Gasteiger partial charge in [-0.1, -0.05) is 93.4 Å². The van der Waals surface area contributed by atoms with Crippen LogP contribution < -0.4 is 17.2 Å². The summed E-state index contributed by atoms with van der Waals surface area (Å²) in [5, 5.41) is 33.9. The lowest BCUT2D eigenvalue weighted by Crippen LogP contribution is -2.10. The van der Waals surface area contributed by atoms with Gasteiger partial charge in [-0.15, -0.1) is 114 Å². The molecule has 510 valence electrons. The minimum absolute atomic E-state index is 0.112. The summed E-state index contributed by atoms with van der Waals surface area (Å²) in [6, 6.07) is 1.86. The van der Waals surface area contributed by atoms with Gasteiger partial charge in [-0.3, -0.25) is 15.2 Å². The highest BCUT2D eigenvalue weighted by Gasteiger charge is 2.13. The van der Waals surface area contributed by atoms with Gasteiger partial charge in [0, 0.05) is 67.5 Å². The number of ether oxygens (including phenoxy) is 4. The summed E-state index contributed by atoms with van der Waals surface area (Å²) < 4.78 is 23.3. The van der Waals surface area contributed by atoms with Crippen molar-refractivity contribution in [3.05, 3.63) is 127 Å². The fourth-order valence-corrected chi connectivity index (χ4v) is 11.2. The SMILES string of the molecule is C#CC(=O)OC(C)C.CC(C)OC(=O)/C=C\n1cnc(-c2csc(Cl)n2)n1.CCOC(=O)c1csc(Cl)n1.CCOC(=O)c1csc(N)n1.CSC(=N)c1csc(Cl)n1.Clc1nc(C2=NCC=N2)cs1.N#Cc1csc(Cl)n1.NC(=O)c1csc(Cl)n1.NC(=S)c1csc(Cl)n1. The van der Waals surface area contributed by atoms with Gasteiger partial charge in [0.15, 0.2) is 59.3 Å². The molecule has 0 atom stereocenters. The molecule has 44 heteroatoms. The largest absolute Gasteiger partial charge is 0.461 e. The minimum Gasteiger partial charge on any atom is -0.461 e. The van der Waals surface area contributed by atoms with Crippen molar-refractivity contribution >= 4 is 259 Å². The minimum atomic E-state index is -0.597. The van der Waals surface area contributed by atoms with Crippen LogP contribution in [-0.4, -0.2) is 145 Å². The molecular weight excluding hydrogens is 1590 g/mol. The van der Waals surface area contributed by atoms with E-state index >= 15 is 0 Å². The molecule has 10 rings (SSSR count). The van der Waals surface area contributed by atoms with Crippen molar-refractivity contribution in [2.75, 3.05) is 31.7 Å². The highest BCUT2D eigenvalue weighted by atomic mass is 35.5. The van der Waals surface area contributed by atoms with Crippen LogP contribution in [0.15, 0.2) is 65.4 Å². The van der Waals surface area contributed by atoms with Crippen LogP contribution in [0.25, 0.3) is 17.7 Å². The number of rotatable bonds is 13. The summed E-state index contributed by atoms with van der Waals surface area (Å²) in [4.78, 5) is 96.7. The van der Waals surface area contributed by atoms with Crippen LogP contribution in [0, 0.1) is 29.1 Å². The average Bonchev–Trinajstić information content (AvgIpc) is 2.00. The van der Waals surface area contributed by atoms with Gasteiger partial charge in [0.05, 0.1) is 32.0 Å². The Hall–Kier alpha value is -6.60. The van der Waals surface area contributed by atoms with Gasteiger partial charge in [0.2, 0.25) is 5.82 Å². The number of carbonyl (C=O) groups is 5. The number of nitrogens with two attached hydrogens (primary N) is 3. The van der Waals surface area contributed by atoms with Gasteiger partial charge in [-0.2, -0.15) is 5.26 Å². The van der Waals surface area contributed by atoms with Crippen molar-refractivity contribution in [1.29, 1.82) is 10.7 Å². The van der Waals surface area contributed by atoms with Gasteiger partial charge in [0.25, 0.3) is 5.91 Å². The highest BCUT2D eigenvalue weighted by Crippen LogP contribution is 2.23. The second kappa shape index (κ2) is 47.4. The number of amides is 1. The highest BCUT2D eigenvalue weighted by molar-refractivity contribution is 8.13. The van der Waals surface area contributed by atoms with Crippen LogP contribution in [-0.2, 0) is 28.5 Å². The Morgan fingerprint density at radius 2 is 1.14 bits per heavy atom. The molecule has 96 heavy (non-hydrogen) atoms. The number of terminal acetylenes is 1.